The summed E-state index contributed by atoms with van der Waals surface area (Å²) in [6.45, 7) is 2.50. The van der Waals surface area contributed by atoms with Crippen molar-refractivity contribution in [2.45, 2.75) is 25.3 Å². The molecule has 0 aliphatic carbocycles. The fraction of sp³-hybridized carbons (Fsp3) is 0.500. The maximum absolute atomic E-state index is 11.6. The SMILES string of the molecule is CC(Cl)c1nc2cc(Cl)ccc2n1CC1CCS(=O)(=O)C1. The first kappa shape index (κ1) is 15.1. The minimum Gasteiger partial charge on any atom is -0.326 e. The third-order valence-electron chi connectivity index (χ3n) is 3.86. The van der Waals surface area contributed by atoms with Crippen LogP contribution in [-0.2, 0) is 16.4 Å². The molecule has 1 aromatic heterocycles. The Labute approximate surface area is 134 Å². The summed E-state index contributed by atoms with van der Waals surface area (Å²) in [7, 11) is -2.88. The average Bonchev–Trinajstić information content (AvgIpc) is 2.90. The maximum Gasteiger partial charge on any atom is 0.150 e. The molecule has 2 heterocycles. The van der Waals surface area contributed by atoms with Gasteiger partial charge in [0.15, 0.2) is 9.84 Å². The van der Waals surface area contributed by atoms with Gasteiger partial charge in [0, 0.05) is 11.6 Å². The van der Waals surface area contributed by atoms with Crippen LogP contribution < -0.4 is 0 Å². The van der Waals surface area contributed by atoms with Gasteiger partial charge in [0.2, 0.25) is 0 Å². The first-order chi connectivity index (χ1) is 9.85. The van der Waals surface area contributed by atoms with Crippen molar-refractivity contribution >= 4 is 44.1 Å². The lowest BCUT2D eigenvalue weighted by Crippen LogP contribution is -2.15. The zero-order chi connectivity index (χ0) is 15.2. The Morgan fingerprint density at radius 2 is 2.24 bits per heavy atom. The second kappa shape index (κ2) is 5.45. The first-order valence-corrected chi connectivity index (χ1v) is 9.49. The van der Waals surface area contributed by atoms with Gasteiger partial charge in [-0.05, 0) is 37.5 Å². The number of hydrogen-bond donors (Lipinski definition) is 0. The molecule has 0 saturated carbocycles. The largest absolute Gasteiger partial charge is 0.326 e. The molecule has 0 amide bonds. The van der Waals surface area contributed by atoms with Crippen molar-refractivity contribution < 1.29 is 8.42 Å². The standard InChI is InChI=1S/C14H16Cl2N2O2S/c1-9(15)14-17-12-6-11(16)2-3-13(12)18(14)7-10-4-5-21(19,20)8-10/h2-3,6,9-10H,4-5,7-8H2,1H3. The molecule has 0 spiro atoms. The number of halogens is 2. The van der Waals surface area contributed by atoms with Crippen LogP contribution in [0.15, 0.2) is 18.2 Å². The van der Waals surface area contributed by atoms with Crippen LogP contribution in [-0.4, -0.2) is 29.5 Å². The number of nitrogens with zero attached hydrogens (tertiary/aromatic N) is 2. The van der Waals surface area contributed by atoms with Crippen LogP contribution in [0.3, 0.4) is 0 Å². The number of aromatic nitrogens is 2. The molecule has 4 nitrogen and oxygen atoms in total. The predicted molar refractivity (Wildman–Crippen MR) is 85.8 cm³/mol. The molecule has 114 valence electrons. The molecule has 3 rings (SSSR count). The van der Waals surface area contributed by atoms with Gasteiger partial charge in [-0.2, -0.15) is 0 Å². The lowest BCUT2D eigenvalue weighted by molar-refractivity contribution is 0.486. The van der Waals surface area contributed by atoms with Crippen LogP contribution in [0.1, 0.15) is 24.5 Å². The lowest BCUT2D eigenvalue weighted by Gasteiger charge is -2.14. The van der Waals surface area contributed by atoms with E-state index in [0.717, 1.165) is 16.9 Å². The third kappa shape index (κ3) is 3.05. The van der Waals surface area contributed by atoms with Crippen LogP contribution in [0, 0.1) is 5.92 Å². The Morgan fingerprint density at radius 1 is 1.48 bits per heavy atom. The average molecular weight is 347 g/mol. The summed E-state index contributed by atoms with van der Waals surface area (Å²) in [4.78, 5) is 4.55. The smallest absolute Gasteiger partial charge is 0.150 e. The summed E-state index contributed by atoms with van der Waals surface area (Å²) < 4.78 is 25.3. The minimum absolute atomic E-state index is 0.122. The van der Waals surface area contributed by atoms with Crippen molar-refractivity contribution in [1.29, 1.82) is 0 Å². The predicted octanol–water partition coefficient (Wildman–Crippen LogP) is 3.42. The highest BCUT2D eigenvalue weighted by atomic mass is 35.5. The lowest BCUT2D eigenvalue weighted by atomic mass is 10.1. The molecule has 1 saturated heterocycles. The van der Waals surface area contributed by atoms with Gasteiger partial charge >= 0.3 is 0 Å². The normalized spacial score (nSPS) is 22.7. The highest BCUT2D eigenvalue weighted by molar-refractivity contribution is 7.91. The fourth-order valence-electron chi connectivity index (χ4n) is 2.89. The molecule has 0 N–H and O–H groups in total. The molecule has 21 heavy (non-hydrogen) atoms. The molecule has 1 aliphatic rings. The van der Waals surface area contributed by atoms with Crippen molar-refractivity contribution in [1.82, 2.24) is 9.55 Å². The van der Waals surface area contributed by atoms with Gasteiger partial charge < -0.3 is 4.57 Å². The Hall–Kier alpha value is -0.780. The summed E-state index contributed by atoms with van der Waals surface area (Å²) in [5, 5.41) is 0.388. The Kier molecular flexibility index (Phi) is 3.93. The zero-order valence-corrected chi connectivity index (χ0v) is 13.9. The number of fused-ring (bicyclic) bond motifs is 1. The van der Waals surface area contributed by atoms with Crippen LogP contribution in [0.2, 0.25) is 5.02 Å². The number of benzene rings is 1. The van der Waals surface area contributed by atoms with E-state index in [0.29, 0.717) is 18.0 Å². The Bertz CT molecular complexity index is 784. The number of alkyl halides is 1. The Morgan fingerprint density at radius 3 is 2.86 bits per heavy atom. The zero-order valence-electron chi connectivity index (χ0n) is 11.6. The van der Waals surface area contributed by atoms with Crippen LogP contribution in [0.4, 0.5) is 0 Å². The molecule has 0 radical (unpaired) electrons. The van der Waals surface area contributed by atoms with Crippen LogP contribution in [0.25, 0.3) is 11.0 Å². The fourth-order valence-corrected chi connectivity index (χ4v) is 5.07. The van der Waals surface area contributed by atoms with E-state index in [1.807, 2.05) is 29.7 Å². The van der Waals surface area contributed by atoms with Gasteiger partial charge in [-0.25, -0.2) is 13.4 Å². The minimum atomic E-state index is -2.88. The molecule has 1 fully saturated rings. The monoisotopic (exact) mass is 346 g/mol. The van der Waals surface area contributed by atoms with E-state index in [9.17, 15) is 8.42 Å². The van der Waals surface area contributed by atoms with Gasteiger partial charge in [-0.3, -0.25) is 0 Å². The molecule has 2 aromatic rings. The molecule has 0 bridgehead atoms. The van der Waals surface area contributed by atoms with Gasteiger partial charge in [0.1, 0.15) is 5.82 Å². The molecule has 1 aromatic carbocycles. The molecule has 2 atom stereocenters. The van der Waals surface area contributed by atoms with Crippen molar-refractivity contribution in [2.75, 3.05) is 11.5 Å². The van der Waals surface area contributed by atoms with E-state index in [4.69, 9.17) is 23.2 Å². The van der Waals surface area contributed by atoms with E-state index < -0.39 is 9.84 Å². The summed E-state index contributed by atoms with van der Waals surface area (Å²) in [6.07, 6.45) is 0.700. The van der Waals surface area contributed by atoms with Crippen molar-refractivity contribution in [2.24, 2.45) is 5.92 Å². The van der Waals surface area contributed by atoms with Crippen LogP contribution >= 0.6 is 23.2 Å². The third-order valence-corrected chi connectivity index (χ3v) is 6.13. The second-order valence-electron chi connectivity index (χ2n) is 5.60. The number of sulfone groups is 1. The van der Waals surface area contributed by atoms with E-state index in [2.05, 4.69) is 4.98 Å². The summed E-state index contributed by atoms with van der Waals surface area (Å²) >= 11 is 12.2. The molecule has 1 aliphatic heterocycles. The molecular formula is C14H16Cl2N2O2S. The van der Waals surface area contributed by atoms with Crippen molar-refractivity contribution in [3.05, 3.63) is 29.0 Å². The van der Waals surface area contributed by atoms with E-state index >= 15 is 0 Å². The number of imidazole rings is 1. The highest BCUT2D eigenvalue weighted by Gasteiger charge is 2.29. The first-order valence-electron chi connectivity index (χ1n) is 6.86. The molecule has 2 unspecified atom stereocenters. The maximum atomic E-state index is 11.6. The summed E-state index contributed by atoms with van der Waals surface area (Å²) in [6, 6.07) is 5.54. The summed E-state index contributed by atoms with van der Waals surface area (Å²) in [5.41, 5.74) is 1.75. The molecular weight excluding hydrogens is 331 g/mol. The summed E-state index contributed by atoms with van der Waals surface area (Å²) in [5.74, 6) is 1.41. The topological polar surface area (TPSA) is 52.0 Å². The quantitative estimate of drug-likeness (QED) is 0.800. The van der Waals surface area contributed by atoms with E-state index in [1.54, 1.807) is 0 Å². The molecule has 7 heteroatoms. The highest BCUT2D eigenvalue weighted by Crippen LogP contribution is 2.29. The van der Waals surface area contributed by atoms with E-state index in [1.165, 1.54) is 0 Å². The van der Waals surface area contributed by atoms with Gasteiger partial charge in [-0.15, -0.1) is 11.6 Å². The number of rotatable bonds is 3. The van der Waals surface area contributed by atoms with Crippen molar-refractivity contribution in [3.8, 4) is 0 Å². The Balaban J connectivity index is 2.02. The van der Waals surface area contributed by atoms with Crippen molar-refractivity contribution in [3.63, 3.8) is 0 Å². The van der Waals surface area contributed by atoms with Gasteiger partial charge in [0.05, 0.1) is 27.9 Å². The van der Waals surface area contributed by atoms with Crippen LogP contribution in [0.5, 0.6) is 0 Å². The number of hydrogen-bond acceptors (Lipinski definition) is 3. The second-order valence-corrected chi connectivity index (χ2v) is 8.92. The van der Waals surface area contributed by atoms with Gasteiger partial charge in [-0.1, -0.05) is 11.6 Å². The van der Waals surface area contributed by atoms with E-state index in [-0.39, 0.29) is 22.8 Å². The van der Waals surface area contributed by atoms with Gasteiger partial charge in [0.25, 0.3) is 0 Å².